The number of nitrogens with zero attached hydrogens (tertiary/aromatic N) is 2. The summed E-state index contributed by atoms with van der Waals surface area (Å²) in [5.74, 6) is -0.728. The number of carbonyl (C=O) groups excluding carboxylic acids is 2. The minimum atomic E-state index is -3.85. The maximum absolute atomic E-state index is 14.2. The summed E-state index contributed by atoms with van der Waals surface area (Å²) in [4.78, 5) is 29.2. The van der Waals surface area contributed by atoms with Crippen LogP contribution >= 0.6 is 23.2 Å². The quantitative estimate of drug-likeness (QED) is 0.265. The van der Waals surface area contributed by atoms with Crippen LogP contribution in [0, 0.1) is 5.92 Å². The van der Waals surface area contributed by atoms with Gasteiger partial charge in [-0.2, -0.15) is 0 Å². The first kappa shape index (κ1) is 32.4. The van der Waals surface area contributed by atoms with Crippen molar-refractivity contribution in [1.82, 2.24) is 10.2 Å². The molecule has 0 bridgehead atoms. The van der Waals surface area contributed by atoms with Crippen LogP contribution < -0.4 is 9.62 Å². The fourth-order valence-electron chi connectivity index (χ4n) is 4.34. The lowest BCUT2D eigenvalue weighted by Gasteiger charge is -2.34. The van der Waals surface area contributed by atoms with E-state index in [-0.39, 0.29) is 24.8 Å². The van der Waals surface area contributed by atoms with Crippen molar-refractivity contribution in [3.05, 3.63) is 99.5 Å². The van der Waals surface area contributed by atoms with Gasteiger partial charge in [0.15, 0.2) is 0 Å². The highest BCUT2D eigenvalue weighted by Crippen LogP contribution is 2.28. The summed E-state index contributed by atoms with van der Waals surface area (Å²) in [7, 11) is -3.85. The Kier molecular flexibility index (Phi) is 11.6. The average Bonchev–Trinajstić information content (AvgIpc) is 2.93. The minimum absolute atomic E-state index is 0.0870. The lowest BCUT2D eigenvalue weighted by Crippen LogP contribution is -2.53. The molecule has 41 heavy (non-hydrogen) atoms. The molecule has 0 saturated carbocycles. The van der Waals surface area contributed by atoms with Gasteiger partial charge in [0.1, 0.15) is 12.6 Å². The van der Waals surface area contributed by atoms with E-state index in [1.165, 1.54) is 4.90 Å². The molecule has 0 spiro atoms. The van der Waals surface area contributed by atoms with E-state index in [2.05, 4.69) is 5.32 Å². The molecular weight excluding hydrogens is 581 g/mol. The van der Waals surface area contributed by atoms with Gasteiger partial charge >= 0.3 is 0 Å². The van der Waals surface area contributed by atoms with E-state index >= 15 is 0 Å². The molecule has 0 aromatic heterocycles. The Bertz CT molecular complexity index is 1410. The molecule has 0 unspecified atom stereocenters. The Labute approximate surface area is 253 Å². The van der Waals surface area contributed by atoms with Gasteiger partial charge in [0.2, 0.25) is 21.8 Å². The van der Waals surface area contributed by atoms with Crippen LogP contribution in [0.4, 0.5) is 5.69 Å². The molecule has 2 amide bonds. The van der Waals surface area contributed by atoms with Crippen molar-refractivity contribution < 1.29 is 18.0 Å². The molecule has 0 saturated heterocycles. The molecular formula is C31H37Cl2N3O4S. The van der Waals surface area contributed by atoms with Gasteiger partial charge in [-0.25, -0.2) is 8.42 Å². The van der Waals surface area contributed by atoms with Crippen molar-refractivity contribution in [2.75, 3.05) is 23.7 Å². The lowest BCUT2D eigenvalue weighted by molar-refractivity contribution is -0.140. The highest BCUT2D eigenvalue weighted by atomic mass is 35.5. The summed E-state index contributed by atoms with van der Waals surface area (Å²) >= 11 is 13.0. The summed E-state index contributed by atoms with van der Waals surface area (Å²) < 4.78 is 26.9. The summed E-state index contributed by atoms with van der Waals surface area (Å²) in [5, 5.41) is 3.63. The maximum atomic E-state index is 14.2. The SMILES string of the molecule is CCc1ccc(N(CC(=O)N(Cc2c(Cl)cccc2Cl)[C@@H](Cc2ccccc2)C(=O)NCC(C)C)S(C)(=O)=O)cc1. The van der Waals surface area contributed by atoms with Crippen LogP contribution in [0.15, 0.2) is 72.8 Å². The van der Waals surface area contributed by atoms with Crippen LogP contribution in [0.3, 0.4) is 0 Å². The number of hydrogen-bond donors (Lipinski definition) is 1. The normalized spacial score (nSPS) is 12.2. The highest BCUT2D eigenvalue weighted by Gasteiger charge is 2.33. The Morgan fingerprint density at radius 2 is 1.49 bits per heavy atom. The van der Waals surface area contributed by atoms with Crippen LogP contribution in [-0.2, 0) is 39.0 Å². The molecule has 0 aliphatic heterocycles. The summed E-state index contributed by atoms with van der Waals surface area (Å²) in [6, 6.07) is 20.4. The molecule has 220 valence electrons. The number of rotatable bonds is 13. The predicted molar refractivity (Wildman–Crippen MR) is 167 cm³/mol. The zero-order valence-electron chi connectivity index (χ0n) is 23.8. The van der Waals surface area contributed by atoms with Crippen molar-refractivity contribution in [2.45, 2.75) is 46.2 Å². The second kappa shape index (κ2) is 14.7. The molecule has 3 rings (SSSR count). The van der Waals surface area contributed by atoms with Crippen LogP contribution in [0.5, 0.6) is 0 Å². The van der Waals surface area contributed by atoms with E-state index in [1.54, 1.807) is 30.3 Å². The summed E-state index contributed by atoms with van der Waals surface area (Å²) in [6.07, 6.45) is 2.06. The number of carbonyl (C=O) groups is 2. The Morgan fingerprint density at radius 3 is 2.02 bits per heavy atom. The van der Waals surface area contributed by atoms with Crippen molar-refractivity contribution >= 4 is 50.7 Å². The zero-order valence-corrected chi connectivity index (χ0v) is 26.1. The zero-order chi connectivity index (χ0) is 30.2. The molecule has 0 aliphatic rings. The third-order valence-electron chi connectivity index (χ3n) is 6.66. The first-order valence-electron chi connectivity index (χ1n) is 13.5. The number of nitrogens with one attached hydrogen (secondary N) is 1. The topological polar surface area (TPSA) is 86.8 Å². The smallest absolute Gasteiger partial charge is 0.244 e. The molecule has 3 aromatic carbocycles. The van der Waals surface area contributed by atoms with Gasteiger partial charge in [0.05, 0.1) is 11.9 Å². The second-order valence-electron chi connectivity index (χ2n) is 10.4. The van der Waals surface area contributed by atoms with Crippen LogP contribution in [0.1, 0.15) is 37.5 Å². The number of amides is 2. The summed E-state index contributed by atoms with van der Waals surface area (Å²) in [5.41, 5.74) is 2.71. The van der Waals surface area contributed by atoms with Crippen molar-refractivity contribution in [2.24, 2.45) is 5.92 Å². The van der Waals surface area contributed by atoms with Gasteiger partial charge in [0.25, 0.3) is 0 Å². The Balaban J connectivity index is 2.08. The molecule has 0 radical (unpaired) electrons. The largest absolute Gasteiger partial charge is 0.354 e. The van der Waals surface area contributed by atoms with Crippen molar-refractivity contribution in [3.63, 3.8) is 0 Å². The Hall–Kier alpha value is -3.07. The van der Waals surface area contributed by atoms with Gasteiger partial charge in [-0.05, 0) is 47.7 Å². The van der Waals surface area contributed by atoms with Gasteiger partial charge in [0, 0.05) is 35.1 Å². The standard InChI is InChI=1S/C31H37Cl2N3O4S/c1-5-23-14-16-25(17-15-23)36(41(4,39)40)21-30(37)35(20-26-27(32)12-9-13-28(26)33)29(31(38)34-19-22(2)3)18-24-10-7-6-8-11-24/h6-17,22,29H,5,18-21H2,1-4H3,(H,34,38)/t29-/m0/s1. The molecule has 1 atom stereocenters. The highest BCUT2D eigenvalue weighted by molar-refractivity contribution is 7.92. The van der Waals surface area contributed by atoms with Gasteiger partial charge < -0.3 is 10.2 Å². The van der Waals surface area contributed by atoms with Gasteiger partial charge in [-0.3, -0.25) is 13.9 Å². The van der Waals surface area contributed by atoms with E-state index in [0.717, 1.165) is 28.1 Å². The first-order valence-corrected chi connectivity index (χ1v) is 16.1. The lowest BCUT2D eigenvalue weighted by atomic mass is 10.0. The van der Waals surface area contributed by atoms with Gasteiger partial charge in [-0.1, -0.05) is 92.5 Å². The molecule has 10 heteroatoms. The number of aryl methyl sites for hydroxylation is 1. The number of sulfonamides is 1. The molecule has 7 nitrogen and oxygen atoms in total. The van der Waals surface area contributed by atoms with E-state index in [4.69, 9.17) is 23.2 Å². The third kappa shape index (κ3) is 9.21. The molecule has 0 fully saturated rings. The molecule has 3 aromatic rings. The second-order valence-corrected chi connectivity index (χ2v) is 13.1. The average molecular weight is 619 g/mol. The molecule has 0 heterocycles. The van der Waals surface area contributed by atoms with Crippen molar-refractivity contribution in [3.8, 4) is 0 Å². The van der Waals surface area contributed by atoms with E-state index in [9.17, 15) is 18.0 Å². The monoisotopic (exact) mass is 617 g/mol. The number of benzene rings is 3. The number of hydrogen-bond acceptors (Lipinski definition) is 4. The van der Waals surface area contributed by atoms with Gasteiger partial charge in [-0.15, -0.1) is 0 Å². The number of anilines is 1. The van der Waals surface area contributed by atoms with E-state index in [0.29, 0.717) is 27.8 Å². The first-order chi connectivity index (χ1) is 19.4. The van der Waals surface area contributed by atoms with E-state index < -0.39 is 28.5 Å². The third-order valence-corrected chi connectivity index (χ3v) is 8.51. The summed E-state index contributed by atoms with van der Waals surface area (Å²) in [6.45, 7) is 5.78. The van der Waals surface area contributed by atoms with Crippen LogP contribution in [-0.4, -0.2) is 50.5 Å². The molecule has 1 N–H and O–H groups in total. The minimum Gasteiger partial charge on any atom is -0.354 e. The Morgan fingerprint density at radius 1 is 0.878 bits per heavy atom. The molecule has 0 aliphatic carbocycles. The number of halogens is 2. The predicted octanol–water partition coefficient (Wildman–Crippen LogP) is 5.73. The van der Waals surface area contributed by atoms with Crippen LogP contribution in [0.25, 0.3) is 0 Å². The van der Waals surface area contributed by atoms with Crippen LogP contribution in [0.2, 0.25) is 10.0 Å². The van der Waals surface area contributed by atoms with Crippen molar-refractivity contribution in [1.29, 1.82) is 0 Å². The van der Waals surface area contributed by atoms with E-state index in [1.807, 2.05) is 63.2 Å². The maximum Gasteiger partial charge on any atom is 0.244 e. The fourth-order valence-corrected chi connectivity index (χ4v) is 5.71. The fraction of sp³-hybridized carbons (Fsp3) is 0.355.